The number of nitrogens with zero attached hydrogens (tertiary/aromatic N) is 2. The molecule has 0 aliphatic heterocycles. The fourth-order valence-electron chi connectivity index (χ4n) is 2.16. The molecular formula is C18H15ClN2O3S. The van der Waals surface area contributed by atoms with Gasteiger partial charge in [-0.3, -0.25) is 9.78 Å². The third kappa shape index (κ3) is 4.03. The van der Waals surface area contributed by atoms with Crippen LogP contribution >= 0.6 is 22.9 Å². The van der Waals surface area contributed by atoms with Crippen molar-refractivity contribution in [3.05, 3.63) is 57.5 Å². The number of carbonyl (C=O) groups excluding carboxylic acids is 1. The van der Waals surface area contributed by atoms with E-state index in [9.17, 15) is 9.59 Å². The van der Waals surface area contributed by atoms with Crippen molar-refractivity contribution < 1.29 is 9.53 Å². The molecule has 3 aromatic rings. The van der Waals surface area contributed by atoms with Crippen LogP contribution in [0.3, 0.4) is 0 Å². The van der Waals surface area contributed by atoms with Crippen molar-refractivity contribution in [2.24, 2.45) is 0 Å². The molecule has 2 aromatic heterocycles. The van der Waals surface area contributed by atoms with E-state index in [0.717, 1.165) is 0 Å². The summed E-state index contributed by atoms with van der Waals surface area (Å²) in [7, 11) is 0. The van der Waals surface area contributed by atoms with E-state index < -0.39 is 11.6 Å². The number of aromatic nitrogens is 2. The quantitative estimate of drug-likeness (QED) is 0.624. The Balaban J connectivity index is 2.05. The maximum absolute atomic E-state index is 12.2. The van der Waals surface area contributed by atoms with E-state index in [-0.39, 0.29) is 5.56 Å². The van der Waals surface area contributed by atoms with Crippen LogP contribution < -0.4 is 5.56 Å². The zero-order valence-corrected chi connectivity index (χ0v) is 15.4. The maximum atomic E-state index is 12.2. The minimum Gasteiger partial charge on any atom is -0.456 e. The highest BCUT2D eigenvalue weighted by Crippen LogP contribution is 2.27. The third-order valence-electron chi connectivity index (χ3n) is 3.20. The van der Waals surface area contributed by atoms with E-state index in [1.54, 1.807) is 51.1 Å². The van der Waals surface area contributed by atoms with Gasteiger partial charge in [-0.15, -0.1) is 11.3 Å². The van der Waals surface area contributed by atoms with Crippen LogP contribution in [0.1, 0.15) is 31.1 Å². The Bertz CT molecular complexity index is 1020. The molecule has 0 amide bonds. The van der Waals surface area contributed by atoms with Crippen LogP contribution in [-0.4, -0.2) is 21.5 Å². The first kappa shape index (κ1) is 17.5. The van der Waals surface area contributed by atoms with Crippen LogP contribution in [0, 0.1) is 0 Å². The van der Waals surface area contributed by atoms with Crippen molar-refractivity contribution in [2.45, 2.75) is 26.4 Å². The Labute approximate surface area is 153 Å². The number of halogens is 1. The van der Waals surface area contributed by atoms with Gasteiger partial charge in [-0.1, -0.05) is 11.6 Å². The Kier molecular flexibility index (Phi) is 4.58. The zero-order valence-electron chi connectivity index (χ0n) is 13.9. The van der Waals surface area contributed by atoms with Gasteiger partial charge in [0.15, 0.2) is 0 Å². The van der Waals surface area contributed by atoms with Gasteiger partial charge in [-0.25, -0.2) is 4.79 Å². The van der Waals surface area contributed by atoms with E-state index in [1.807, 2.05) is 0 Å². The second kappa shape index (κ2) is 6.54. The molecule has 3 rings (SSSR count). The Morgan fingerprint density at radius 1 is 1.20 bits per heavy atom. The Hall–Kier alpha value is -2.31. The number of esters is 1. The molecule has 0 N–H and O–H groups in total. The lowest BCUT2D eigenvalue weighted by atomic mass is 10.2. The number of pyridine rings is 1. The second-order valence-corrected chi connectivity index (χ2v) is 7.86. The van der Waals surface area contributed by atoms with E-state index in [2.05, 4.69) is 9.97 Å². The summed E-state index contributed by atoms with van der Waals surface area (Å²) in [6, 6.07) is 8.16. The fraction of sp³-hybridized carbons (Fsp3) is 0.222. The predicted molar refractivity (Wildman–Crippen MR) is 99.3 cm³/mol. The Morgan fingerprint density at radius 2 is 1.96 bits per heavy atom. The monoisotopic (exact) mass is 374 g/mol. The summed E-state index contributed by atoms with van der Waals surface area (Å²) in [5.41, 5.74) is -0.159. The molecule has 128 valence electrons. The number of fused-ring (bicyclic) bond motifs is 1. The molecule has 0 fully saturated rings. The van der Waals surface area contributed by atoms with Crippen LogP contribution in [0.25, 0.3) is 20.8 Å². The van der Waals surface area contributed by atoms with Gasteiger partial charge in [0, 0.05) is 15.9 Å². The summed E-state index contributed by atoms with van der Waals surface area (Å²) in [5, 5.41) is 1.46. The summed E-state index contributed by atoms with van der Waals surface area (Å²) in [6.07, 6.45) is 1.50. The number of ether oxygens (including phenoxy) is 1. The Morgan fingerprint density at radius 3 is 2.68 bits per heavy atom. The SMILES string of the molecule is CC(C)(C)OC(=O)c1ccnc(-c2nc(=O)c3ccc(Cl)cc3s2)c1. The maximum Gasteiger partial charge on any atom is 0.338 e. The van der Waals surface area contributed by atoms with Gasteiger partial charge in [0.2, 0.25) is 0 Å². The van der Waals surface area contributed by atoms with Gasteiger partial charge in [-0.05, 0) is 51.1 Å². The number of benzene rings is 1. The smallest absolute Gasteiger partial charge is 0.338 e. The minimum atomic E-state index is -0.594. The molecule has 7 heteroatoms. The second-order valence-electron chi connectivity index (χ2n) is 6.40. The molecule has 0 radical (unpaired) electrons. The summed E-state index contributed by atoms with van der Waals surface area (Å²) in [4.78, 5) is 32.8. The molecule has 0 aliphatic rings. The summed E-state index contributed by atoms with van der Waals surface area (Å²) in [5.74, 6) is -0.452. The van der Waals surface area contributed by atoms with E-state index in [1.165, 1.54) is 17.5 Å². The molecule has 0 unspecified atom stereocenters. The first-order chi connectivity index (χ1) is 11.7. The lowest BCUT2D eigenvalue weighted by Crippen LogP contribution is -2.23. The van der Waals surface area contributed by atoms with Crippen LogP contribution in [-0.2, 0) is 4.74 Å². The van der Waals surface area contributed by atoms with Crippen LogP contribution in [0.5, 0.6) is 0 Å². The average molecular weight is 375 g/mol. The van der Waals surface area contributed by atoms with E-state index in [0.29, 0.717) is 31.4 Å². The first-order valence-electron chi connectivity index (χ1n) is 7.53. The number of hydrogen-bond acceptors (Lipinski definition) is 6. The van der Waals surface area contributed by atoms with Crippen LogP contribution in [0.4, 0.5) is 0 Å². The van der Waals surface area contributed by atoms with Crippen molar-refractivity contribution >= 4 is 39.0 Å². The van der Waals surface area contributed by atoms with Gasteiger partial charge >= 0.3 is 5.97 Å². The molecule has 2 heterocycles. The molecule has 25 heavy (non-hydrogen) atoms. The van der Waals surface area contributed by atoms with Crippen LogP contribution in [0.15, 0.2) is 41.3 Å². The normalized spacial score (nSPS) is 11.5. The standard InChI is InChI=1S/C18H15ClN2O3S/c1-18(2,3)24-17(23)10-6-7-20-13(8-10)16-21-15(22)12-5-4-11(19)9-14(12)25-16/h4-9H,1-3H3. The molecular weight excluding hydrogens is 360 g/mol. The molecule has 0 atom stereocenters. The fourth-order valence-corrected chi connectivity index (χ4v) is 3.40. The van der Waals surface area contributed by atoms with Crippen molar-refractivity contribution in [2.75, 3.05) is 0 Å². The van der Waals surface area contributed by atoms with Crippen LogP contribution in [0.2, 0.25) is 5.02 Å². The highest BCUT2D eigenvalue weighted by atomic mass is 35.5. The van der Waals surface area contributed by atoms with Gasteiger partial charge < -0.3 is 4.74 Å². The predicted octanol–water partition coefficient (Wildman–Crippen LogP) is 4.33. The van der Waals surface area contributed by atoms with Crippen molar-refractivity contribution in [1.29, 1.82) is 0 Å². The molecule has 5 nitrogen and oxygen atoms in total. The average Bonchev–Trinajstić information content (AvgIpc) is 2.53. The molecule has 0 saturated carbocycles. The van der Waals surface area contributed by atoms with Gasteiger partial charge in [0.25, 0.3) is 5.56 Å². The summed E-state index contributed by atoms with van der Waals surface area (Å²) < 4.78 is 6.08. The lowest BCUT2D eigenvalue weighted by Gasteiger charge is -2.19. The summed E-state index contributed by atoms with van der Waals surface area (Å²) >= 11 is 7.30. The highest BCUT2D eigenvalue weighted by Gasteiger charge is 2.19. The van der Waals surface area contributed by atoms with E-state index >= 15 is 0 Å². The van der Waals surface area contributed by atoms with Crippen molar-refractivity contribution in [1.82, 2.24) is 9.97 Å². The van der Waals surface area contributed by atoms with Crippen molar-refractivity contribution in [3.8, 4) is 10.7 Å². The third-order valence-corrected chi connectivity index (χ3v) is 4.48. The molecule has 0 bridgehead atoms. The van der Waals surface area contributed by atoms with Crippen molar-refractivity contribution in [3.63, 3.8) is 0 Å². The number of carbonyl (C=O) groups is 1. The topological polar surface area (TPSA) is 69.2 Å². The van der Waals surface area contributed by atoms with Gasteiger partial charge in [0.05, 0.1) is 16.6 Å². The molecule has 0 saturated heterocycles. The van der Waals surface area contributed by atoms with E-state index in [4.69, 9.17) is 16.3 Å². The highest BCUT2D eigenvalue weighted by molar-refractivity contribution is 7.21. The molecule has 0 aliphatic carbocycles. The molecule has 1 aromatic carbocycles. The first-order valence-corrected chi connectivity index (χ1v) is 8.72. The zero-order chi connectivity index (χ0) is 18.2. The summed E-state index contributed by atoms with van der Waals surface area (Å²) in [6.45, 7) is 5.40. The number of hydrogen-bond donors (Lipinski definition) is 0. The minimum absolute atomic E-state index is 0.354. The number of rotatable bonds is 2. The molecule has 0 spiro atoms. The van der Waals surface area contributed by atoms with Gasteiger partial charge in [-0.2, -0.15) is 4.98 Å². The largest absolute Gasteiger partial charge is 0.456 e. The lowest BCUT2D eigenvalue weighted by molar-refractivity contribution is 0.00694. The van der Waals surface area contributed by atoms with Gasteiger partial charge in [0.1, 0.15) is 10.6 Å².